The SMILES string of the molecule is Cc1ccc(Oc2ccc(C(=O)N(C)Cc3ccncc3)cc2)cc1. The molecule has 25 heavy (non-hydrogen) atoms. The van der Waals surface area contributed by atoms with E-state index in [4.69, 9.17) is 4.74 Å². The van der Waals surface area contributed by atoms with Crippen LogP contribution in [-0.4, -0.2) is 22.8 Å². The monoisotopic (exact) mass is 332 g/mol. The van der Waals surface area contributed by atoms with E-state index >= 15 is 0 Å². The van der Waals surface area contributed by atoms with Gasteiger partial charge in [0.05, 0.1) is 0 Å². The van der Waals surface area contributed by atoms with Gasteiger partial charge in [0, 0.05) is 31.5 Å². The number of pyridine rings is 1. The number of amides is 1. The third-order valence-electron chi connectivity index (χ3n) is 3.87. The summed E-state index contributed by atoms with van der Waals surface area (Å²) in [6.45, 7) is 2.58. The Kier molecular flexibility index (Phi) is 5.09. The first kappa shape index (κ1) is 16.7. The minimum Gasteiger partial charge on any atom is -0.457 e. The topological polar surface area (TPSA) is 42.4 Å². The molecule has 4 heteroatoms. The lowest BCUT2D eigenvalue weighted by Crippen LogP contribution is -2.26. The van der Waals surface area contributed by atoms with Crippen LogP contribution < -0.4 is 4.74 Å². The Morgan fingerprint density at radius 3 is 2.08 bits per heavy atom. The van der Waals surface area contributed by atoms with Gasteiger partial charge in [-0.2, -0.15) is 0 Å². The molecule has 2 aromatic carbocycles. The molecule has 0 radical (unpaired) electrons. The average Bonchev–Trinajstić information content (AvgIpc) is 2.64. The van der Waals surface area contributed by atoms with E-state index in [-0.39, 0.29) is 5.91 Å². The van der Waals surface area contributed by atoms with Crippen LogP contribution in [0.2, 0.25) is 0 Å². The number of carbonyl (C=O) groups is 1. The van der Waals surface area contributed by atoms with E-state index in [0.717, 1.165) is 11.3 Å². The highest BCUT2D eigenvalue weighted by molar-refractivity contribution is 5.94. The summed E-state index contributed by atoms with van der Waals surface area (Å²) in [4.78, 5) is 18.2. The van der Waals surface area contributed by atoms with Crippen LogP contribution in [0.3, 0.4) is 0 Å². The number of ether oxygens (including phenoxy) is 1. The Morgan fingerprint density at radius 2 is 1.48 bits per heavy atom. The third kappa shape index (κ3) is 4.44. The molecule has 0 saturated heterocycles. The van der Waals surface area contributed by atoms with Crippen LogP contribution in [-0.2, 0) is 6.54 Å². The summed E-state index contributed by atoms with van der Waals surface area (Å²) in [6, 6.07) is 18.9. The molecule has 0 spiro atoms. The van der Waals surface area contributed by atoms with Crippen molar-refractivity contribution in [2.24, 2.45) is 0 Å². The Hall–Kier alpha value is -3.14. The zero-order chi connectivity index (χ0) is 17.6. The van der Waals surface area contributed by atoms with Crippen LogP contribution in [0.4, 0.5) is 0 Å². The molecule has 0 aliphatic carbocycles. The van der Waals surface area contributed by atoms with Gasteiger partial charge in [-0.3, -0.25) is 9.78 Å². The summed E-state index contributed by atoms with van der Waals surface area (Å²) in [5.74, 6) is 1.45. The molecule has 1 aromatic heterocycles. The summed E-state index contributed by atoms with van der Waals surface area (Å²) in [5.41, 5.74) is 2.86. The van der Waals surface area contributed by atoms with Crippen molar-refractivity contribution in [3.8, 4) is 11.5 Å². The second kappa shape index (κ2) is 7.62. The highest BCUT2D eigenvalue weighted by atomic mass is 16.5. The minimum atomic E-state index is -0.0290. The molecular weight excluding hydrogens is 312 g/mol. The van der Waals surface area contributed by atoms with Gasteiger partial charge in [0.15, 0.2) is 0 Å². The average molecular weight is 332 g/mol. The smallest absolute Gasteiger partial charge is 0.253 e. The third-order valence-corrected chi connectivity index (χ3v) is 3.87. The van der Waals surface area contributed by atoms with Gasteiger partial charge in [-0.15, -0.1) is 0 Å². The summed E-state index contributed by atoms with van der Waals surface area (Å²) < 4.78 is 5.79. The first-order chi connectivity index (χ1) is 12.1. The number of hydrogen-bond donors (Lipinski definition) is 0. The van der Waals surface area contributed by atoms with Gasteiger partial charge in [0.25, 0.3) is 5.91 Å². The van der Waals surface area contributed by atoms with E-state index in [1.54, 1.807) is 36.5 Å². The summed E-state index contributed by atoms with van der Waals surface area (Å²) >= 11 is 0. The van der Waals surface area contributed by atoms with Crippen molar-refractivity contribution in [2.75, 3.05) is 7.05 Å². The van der Waals surface area contributed by atoms with E-state index in [1.165, 1.54) is 5.56 Å². The molecule has 0 atom stereocenters. The second-order valence-electron chi connectivity index (χ2n) is 5.96. The van der Waals surface area contributed by atoms with Gasteiger partial charge < -0.3 is 9.64 Å². The van der Waals surface area contributed by atoms with Crippen LogP contribution in [0.15, 0.2) is 73.1 Å². The van der Waals surface area contributed by atoms with Crippen LogP contribution in [0.1, 0.15) is 21.5 Å². The van der Waals surface area contributed by atoms with Crippen molar-refractivity contribution in [3.63, 3.8) is 0 Å². The number of aryl methyl sites for hydroxylation is 1. The molecule has 0 unspecified atom stereocenters. The van der Waals surface area contributed by atoms with Crippen LogP contribution in [0.25, 0.3) is 0 Å². The lowest BCUT2D eigenvalue weighted by molar-refractivity contribution is 0.0785. The van der Waals surface area contributed by atoms with Crippen molar-refractivity contribution < 1.29 is 9.53 Å². The van der Waals surface area contributed by atoms with Gasteiger partial charge in [0.2, 0.25) is 0 Å². The molecule has 1 amide bonds. The molecule has 0 aliphatic rings. The lowest BCUT2D eigenvalue weighted by atomic mass is 10.1. The molecule has 126 valence electrons. The van der Waals surface area contributed by atoms with Crippen LogP contribution >= 0.6 is 0 Å². The Morgan fingerprint density at radius 1 is 0.920 bits per heavy atom. The fourth-order valence-corrected chi connectivity index (χ4v) is 2.46. The number of rotatable bonds is 5. The van der Waals surface area contributed by atoms with Gasteiger partial charge in [-0.25, -0.2) is 0 Å². The molecular formula is C21H20N2O2. The van der Waals surface area contributed by atoms with Crippen molar-refractivity contribution in [1.82, 2.24) is 9.88 Å². The molecule has 1 heterocycles. The van der Waals surface area contributed by atoms with E-state index < -0.39 is 0 Å². The van der Waals surface area contributed by atoms with E-state index in [0.29, 0.717) is 17.9 Å². The van der Waals surface area contributed by atoms with Crippen LogP contribution in [0, 0.1) is 6.92 Å². The lowest BCUT2D eigenvalue weighted by Gasteiger charge is -2.17. The fourth-order valence-electron chi connectivity index (χ4n) is 2.46. The number of nitrogens with zero attached hydrogens (tertiary/aromatic N) is 2. The van der Waals surface area contributed by atoms with E-state index in [1.807, 2.05) is 55.5 Å². The van der Waals surface area contributed by atoms with Crippen molar-refractivity contribution in [3.05, 3.63) is 89.7 Å². The highest BCUT2D eigenvalue weighted by Gasteiger charge is 2.12. The normalized spacial score (nSPS) is 10.3. The highest BCUT2D eigenvalue weighted by Crippen LogP contribution is 2.22. The van der Waals surface area contributed by atoms with Crippen molar-refractivity contribution in [1.29, 1.82) is 0 Å². The Labute approximate surface area is 147 Å². The van der Waals surface area contributed by atoms with Gasteiger partial charge in [0.1, 0.15) is 11.5 Å². The second-order valence-corrected chi connectivity index (χ2v) is 5.96. The Bertz CT molecular complexity index is 828. The van der Waals surface area contributed by atoms with Gasteiger partial charge in [-0.05, 0) is 61.0 Å². The first-order valence-corrected chi connectivity index (χ1v) is 8.11. The zero-order valence-electron chi connectivity index (χ0n) is 14.3. The summed E-state index contributed by atoms with van der Waals surface area (Å²) in [5, 5.41) is 0. The van der Waals surface area contributed by atoms with Crippen molar-refractivity contribution >= 4 is 5.91 Å². The van der Waals surface area contributed by atoms with E-state index in [9.17, 15) is 4.79 Å². The molecule has 3 rings (SSSR count). The fraction of sp³-hybridized carbons (Fsp3) is 0.143. The molecule has 0 fully saturated rings. The molecule has 3 aromatic rings. The Balaban J connectivity index is 1.64. The standard InChI is InChI=1S/C21H20N2O2/c1-16-3-7-19(8-4-16)25-20-9-5-18(6-10-20)21(24)23(2)15-17-11-13-22-14-12-17/h3-14H,15H2,1-2H3. The number of carbonyl (C=O) groups excluding carboxylic acids is 1. The molecule has 0 saturated carbocycles. The number of aromatic nitrogens is 1. The molecule has 0 bridgehead atoms. The maximum atomic E-state index is 12.5. The van der Waals surface area contributed by atoms with Crippen LogP contribution in [0.5, 0.6) is 11.5 Å². The first-order valence-electron chi connectivity index (χ1n) is 8.11. The minimum absolute atomic E-state index is 0.0290. The largest absolute Gasteiger partial charge is 0.457 e. The molecule has 0 aliphatic heterocycles. The number of hydrogen-bond acceptors (Lipinski definition) is 3. The van der Waals surface area contributed by atoms with E-state index in [2.05, 4.69) is 4.98 Å². The summed E-state index contributed by atoms with van der Waals surface area (Å²) in [7, 11) is 1.79. The zero-order valence-corrected chi connectivity index (χ0v) is 14.3. The van der Waals surface area contributed by atoms with Gasteiger partial charge >= 0.3 is 0 Å². The molecule has 0 N–H and O–H groups in total. The van der Waals surface area contributed by atoms with Gasteiger partial charge in [-0.1, -0.05) is 17.7 Å². The summed E-state index contributed by atoms with van der Waals surface area (Å²) in [6.07, 6.45) is 3.45. The molecule has 4 nitrogen and oxygen atoms in total. The maximum absolute atomic E-state index is 12.5. The predicted octanol–water partition coefficient (Wildman–Crippen LogP) is 4.45. The van der Waals surface area contributed by atoms with Crippen molar-refractivity contribution in [2.45, 2.75) is 13.5 Å². The quantitative estimate of drug-likeness (QED) is 0.693. The predicted molar refractivity (Wildman–Crippen MR) is 97.7 cm³/mol. The maximum Gasteiger partial charge on any atom is 0.253 e. The number of benzene rings is 2.